The summed E-state index contributed by atoms with van der Waals surface area (Å²) in [5.74, 6) is 2.18. The smallest absolute Gasteiger partial charge is 0.189 e. The van der Waals surface area contributed by atoms with Crippen molar-refractivity contribution < 1.29 is 14.0 Å². The van der Waals surface area contributed by atoms with Crippen molar-refractivity contribution in [2.24, 2.45) is 0 Å². The van der Waals surface area contributed by atoms with Crippen molar-refractivity contribution in [2.75, 3.05) is 4.90 Å². The van der Waals surface area contributed by atoms with Crippen molar-refractivity contribution in [1.29, 1.82) is 0 Å². The van der Waals surface area contributed by atoms with Crippen molar-refractivity contribution >= 4 is 106 Å². The van der Waals surface area contributed by atoms with E-state index in [1.807, 2.05) is 0 Å². The highest BCUT2D eigenvalue weighted by atomic mass is 31.2. The predicted octanol–water partition coefficient (Wildman–Crippen LogP) is 14.9. The first-order valence-corrected chi connectivity index (χ1v) is 25.1. The minimum Gasteiger partial charge on any atom is -0.455 e. The highest BCUT2D eigenvalue weighted by Crippen LogP contribution is 2.66. The fraction of sp³-hybridized carbons (Fsp3) is 0.0164. The number of aryl methyl sites for hydroxylation is 1. The van der Waals surface area contributed by atoms with Crippen LogP contribution in [0.3, 0.4) is 0 Å². The number of para-hydroxylation sites is 6. The van der Waals surface area contributed by atoms with Crippen LogP contribution in [-0.2, 0) is 4.57 Å². The molecule has 6 heterocycles. The van der Waals surface area contributed by atoms with Gasteiger partial charge in [0.1, 0.15) is 28.3 Å². The second kappa shape index (κ2) is 13.2. The average Bonchev–Trinajstić information content (AvgIpc) is 4.02. The second-order valence-electron chi connectivity index (χ2n) is 18.5. The van der Waals surface area contributed by atoms with Gasteiger partial charge in [-0.2, -0.15) is 0 Å². The molecular weight excluding hydrogens is 868 g/mol. The zero-order valence-electron chi connectivity index (χ0n) is 37.1. The van der Waals surface area contributed by atoms with E-state index in [1.54, 1.807) is 0 Å². The molecule has 3 aliphatic heterocycles. The van der Waals surface area contributed by atoms with E-state index >= 15 is 4.57 Å². The van der Waals surface area contributed by atoms with E-state index in [-0.39, 0.29) is 0 Å². The zero-order chi connectivity index (χ0) is 45.3. The number of benzene rings is 10. The number of aromatic nitrogens is 3. The van der Waals surface area contributed by atoms with E-state index in [0.29, 0.717) is 38.9 Å². The van der Waals surface area contributed by atoms with Crippen LogP contribution in [0.4, 0.5) is 17.1 Å². The van der Waals surface area contributed by atoms with Gasteiger partial charge >= 0.3 is 0 Å². The number of fused-ring (bicyclic) bond motifs is 9. The molecule has 3 aliphatic rings. The molecule has 0 atom stereocenters. The molecule has 0 fully saturated rings. The molecule has 13 aromatic rings. The van der Waals surface area contributed by atoms with Crippen LogP contribution in [-0.4, -0.2) is 13.7 Å². The Labute approximate surface area is 395 Å². The number of hydrogen-bond acceptors (Lipinski definition) is 4. The molecule has 324 valence electrons. The molecule has 7 nitrogen and oxygen atoms in total. The van der Waals surface area contributed by atoms with Gasteiger partial charge in [0.15, 0.2) is 7.14 Å². The Balaban J connectivity index is 1.05. The minimum absolute atomic E-state index is 0.525. The maximum atomic E-state index is 17.5. The zero-order valence-corrected chi connectivity index (χ0v) is 38.0. The molecule has 16 rings (SSSR count). The van der Waals surface area contributed by atoms with Gasteiger partial charge in [-0.25, -0.2) is 0 Å². The van der Waals surface area contributed by atoms with E-state index < -0.39 is 7.14 Å². The van der Waals surface area contributed by atoms with Gasteiger partial charge in [-0.15, -0.1) is 0 Å². The summed E-state index contributed by atoms with van der Waals surface area (Å²) >= 11 is 0. The molecule has 10 aromatic carbocycles. The van der Waals surface area contributed by atoms with Gasteiger partial charge in [-0.05, 0) is 67.6 Å². The summed E-state index contributed by atoms with van der Waals surface area (Å²) in [5.41, 5.74) is 12.8. The van der Waals surface area contributed by atoms with E-state index in [0.717, 1.165) is 105 Å². The quantitative estimate of drug-likeness (QED) is 0.165. The fourth-order valence-corrected chi connectivity index (χ4v) is 15.3. The van der Waals surface area contributed by atoms with Gasteiger partial charge in [0.05, 0.1) is 72.1 Å². The van der Waals surface area contributed by atoms with Crippen LogP contribution in [0.5, 0.6) is 23.0 Å². The first-order valence-electron chi connectivity index (χ1n) is 23.4. The third-order valence-corrected chi connectivity index (χ3v) is 18.0. The highest BCUT2D eigenvalue weighted by Gasteiger charge is 2.54. The highest BCUT2D eigenvalue weighted by molar-refractivity contribution is 7.87. The summed E-state index contributed by atoms with van der Waals surface area (Å²) < 4.78 is 39.0. The third-order valence-electron chi connectivity index (χ3n) is 14.8. The maximum Gasteiger partial charge on any atom is 0.189 e. The van der Waals surface area contributed by atoms with Crippen LogP contribution in [0.2, 0.25) is 0 Å². The number of ether oxygens (including phenoxy) is 2. The Morgan fingerprint density at radius 3 is 0.957 bits per heavy atom. The van der Waals surface area contributed by atoms with Crippen LogP contribution in [0.1, 0.15) is 5.56 Å². The first kappa shape index (κ1) is 37.3. The minimum atomic E-state index is -3.75. The van der Waals surface area contributed by atoms with Crippen molar-refractivity contribution in [1.82, 2.24) is 13.7 Å². The van der Waals surface area contributed by atoms with Crippen LogP contribution in [0.15, 0.2) is 206 Å². The Morgan fingerprint density at radius 1 is 0.333 bits per heavy atom. The van der Waals surface area contributed by atoms with Gasteiger partial charge in [0, 0.05) is 62.3 Å². The molecule has 0 N–H and O–H groups in total. The van der Waals surface area contributed by atoms with Gasteiger partial charge in [-0.3, -0.25) is 0 Å². The first-order chi connectivity index (χ1) is 34.0. The molecule has 69 heavy (non-hydrogen) atoms. The Kier molecular flexibility index (Phi) is 7.16. The molecule has 0 spiro atoms. The Hall–Kier alpha value is -8.77. The molecule has 0 saturated carbocycles. The number of rotatable bonds is 4. The van der Waals surface area contributed by atoms with E-state index in [2.05, 4.69) is 232 Å². The van der Waals surface area contributed by atoms with Crippen molar-refractivity contribution in [2.45, 2.75) is 6.92 Å². The third kappa shape index (κ3) is 4.79. The van der Waals surface area contributed by atoms with E-state index in [4.69, 9.17) is 9.47 Å². The van der Waals surface area contributed by atoms with Gasteiger partial charge < -0.3 is 32.6 Å². The molecular formula is C61H37N4O3P. The fourth-order valence-electron chi connectivity index (χ4n) is 12.0. The lowest BCUT2D eigenvalue weighted by molar-refractivity contribution is 0.461. The van der Waals surface area contributed by atoms with Crippen LogP contribution in [0, 0.1) is 6.92 Å². The number of hydrogen-bond donors (Lipinski definition) is 0. The van der Waals surface area contributed by atoms with Crippen LogP contribution in [0.25, 0.3) is 82.5 Å². The molecule has 0 unspecified atom stereocenters. The van der Waals surface area contributed by atoms with Crippen molar-refractivity contribution in [3.8, 4) is 40.1 Å². The molecule has 0 saturated heterocycles. The molecule has 8 heteroatoms. The second-order valence-corrected chi connectivity index (χ2v) is 21.1. The van der Waals surface area contributed by atoms with E-state index in [9.17, 15) is 0 Å². The van der Waals surface area contributed by atoms with Gasteiger partial charge in [-0.1, -0.05) is 127 Å². The van der Waals surface area contributed by atoms with E-state index in [1.165, 1.54) is 0 Å². The summed E-state index contributed by atoms with van der Waals surface area (Å²) in [6, 6.07) is 72.6. The van der Waals surface area contributed by atoms with Crippen LogP contribution >= 0.6 is 7.14 Å². The molecule has 0 amide bonds. The maximum absolute atomic E-state index is 17.5. The SMILES string of the molecule is Cc1ccc(N2c3cc(-n4c5ccccc5c5ccccc54)cc4c3P3(=O)c5c(cc(-n6c7ccccc7c7ccccc76)cc5Oc5cc(-n6c7ccccc7c7ccccc76)cc2c53)O4)cc1. The summed E-state index contributed by atoms with van der Waals surface area (Å²) in [4.78, 5) is 2.29. The largest absolute Gasteiger partial charge is 0.455 e. The van der Waals surface area contributed by atoms with Gasteiger partial charge in [0.2, 0.25) is 0 Å². The average molecular weight is 905 g/mol. The lowest BCUT2D eigenvalue weighted by Crippen LogP contribution is -2.42. The summed E-state index contributed by atoms with van der Waals surface area (Å²) in [6.07, 6.45) is 0. The molecule has 3 aromatic heterocycles. The predicted molar refractivity (Wildman–Crippen MR) is 282 cm³/mol. The van der Waals surface area contributed by atoms with Crippen molar-refractivity contribution in [3.63, 3.8) is 0 Å². The standard InChI is InChI=1S/C61H37N4O3P/c1-36-26-28-37(29-27-36)62-53-30-38(63-47-20-8-2-14-41(47)42-15-3-9-21-48(42)63)32-55-59(53)69(66)60-54(62)31-39(64-49-22-10-4-16-43(49)44-17-5-11-23-50(44)64)33-56(60)68-58-35-40(34-57(67-55)61(58)69)65-51-24-12-6-18-45(51)46-19-7-13-25-52(46)65/h2-35H,1H3. The monoisotopic (exact) mass is 904 g/mol. The summed E-state index contributed by atoms with van der Waals surface area (Å²) in [5, 5.41) is 8.86. The number of anilines is 3. The Bertz CT molecular complexity index is 4140. The summed E-state index contributed by atoms with van der Waals surface area (Å²) in [6.45, 7) is 2.11. The lowest BCUT2D eigenvalue weighted by Gasteiger charge is -2.44. The molecule has 0 radical (unpaired) electrons. The molecule has 0 bridgehead atoms. The van der Waals surface area contributed by atoms with Crippen LogP contribution < -0.4 is 30.3 Å². The Morgan fingerprint density at radius 2 is 0.623 bits per heavy atom. The molecule has 0 aliphatic carbocycles. The van der Waals surface area contributed by atoms with Gasteiger partial charge in [0.25, 0.3) is 0 Å². The lowest BCUT2D eigenvalue weighted by atomic mass is 10.1. The number of nitrogens with zero attached hydrogens (tertiary/aromatic N) is 4. The summed E-state index contributed by atoms with van der Waals surface area (Å²) in [7, 11) is -3.75. The van der Waals surface area contributed by atoms with Crippen molar-refractivity contribution in [3.05, 3.63) is 212 Å². The normalized spacial score (nSPS) is 14.0. The topological polar surface area (TPSA) is 53.6 Å².